The van der Waals surface area contributed by atoms with Crippen molar-refractivity contribution in [3.63, 3.8) is 0 Å². The van der Waals surface area contributed by atoms with Crippen LogP contribution in [0.5, 0.6) is 5.75 Å². The molecule has 0 saturated carbocycles. The molecule has 0 atom stereocenters. The van der Waals surface area contributed by atoms with E-state index in [0.29, 0.717) is 12.4 Å². The molecule has 2 aromatic rings. The Morgan fingerprint density at radius 1 is 1.21 bits per heavy atom. The zero-order valence-electron chi connectivity index (χ0n) is 10.3. The summed E-state index contributed by atoms with van der Waals surface area (Å²) in [5.74, 6) is 0.339. The second-order valence-corrected chi connectivity index (χ2v) is 5.34. The van der Waals surface area contributed by atoms with Crippen molar-refractivity contribution in [3.05, 3.63) is 67.3 Å². The predicted octanol–water partition coefficient (Wildman–Crippen LogP) is 4.09. The quantitative estimate of drug-likeness (QED) is 0.464. The van der Waals surface area contributed by atoms with Gasteiger partial charge in [-0.15, -0.1) is 0 Å². The van der Waals surface area contributed by atoms with Crippen LogP contribution in [0.15, 0.2) is 42.5 Å². The Labute approximate surface area is 124 Å². The number of hydrogen-bond donors (Lipinski definition) is 0. The van der Waals surface area contributed by atoms with E-state index in [-0.39, 0.29) is 5.69 Å². The number of rotatable bonds is 4. The summed E-state index contributed by atoms with van der Waals surface area (Å²) in [6.07, 6.45) is 0. The number of nitro benzene ring substituents is 1. The van der Waals surface area contributed by atoms with Crippen molar-refractivity contribution < 1.29 is 9.66 Å². The van der Waals surface area contributed by atoms with Gasteiger partial charge in [0.05, 0.1) is 4.92 Å². The lowest BCUT2D eigenvalue weighted by molar-refractivity contribution is -0.386. The van der Waals surface area contributed by atoms with Gasteiger partial charge in [0.2, 0.25) is 0 Å². The van der Waals surface area contributed by atoms with E-state index >= 15 is 0 Å². The maximum atomic E-state index is 11.0. The Morgan fingerprint density at radius 2 is 1.89 bits per heavy atom. The van der Waals surface area contributed by atoms with Gasteiger partial charge in [-0.1, -0.05) is 24.3 Å². The minimum Gasteiger partial charge on any atom is -0.482 e. The van der Waals surface area contributed by atoms with E-state index in [1.807, 2.05) is 24.3 Å². The summed E-state index contributed by atoms with van der Waals surface area (Å²) in [6, 6.07) is 12.8. The van der Waals surface area contributed by atoms with Crippen LogP contribution in [0.4, 0.5) is 5.69 Å². The molecule has 0 heterocycles. The van der Waals surface area contributed by atoms with E-state index in [2.05, 4.69) is 22.6 Å². The molecule has 0 saturated heterocycles. The molecule has 0 bridgehead atoms. The van der Waals surface area contributed by atoms with Gasteiger partial charge in [0.15, 0.2) is 5.75 Å². The van der Waals surface area contributed by atoms with Gasteiger partial charge in [0, 0.05) is 9.64 Å². The molecule has 19 heavy (non-hydrogen) atoms. The maximum Gasteiger partial charge on any atom is 0.311 e. The summed E-state index contributed by atoms with van der Waals surface area (Å²) >= 11 is 2.23. The Kier molecular flexibility index (Phi) is 4.36. The van der Waals surface area contributed by atoms with Gasteiger partial charge in [0.25, 0.3) is 0 Å². The summed E-state index contributed by atoms with van der Waals surface area (Å²) in [5, 5.41) is 11.0. The first-order valence-corrected chi connectivity index (χ1v) is 6.77. The van der Waals surface area contributed by atoms with Crippen molar-refractivity contribution in [2.24, 2.45) is 0 Å². The molecule has 98 valence electrons. The lowest BCUT2D eigenvalue weighted by Gasteiger charge is -2.09. The molecule has 0 spiro atoms. The standard InChI is InChI=1S/C14H12INO3/c1-10-3-2-4-13(16(17)18)14(10)19-9-11-5-7-12(15)8-6-11/h2-8H,9H2,1H3. The lowest BCUT2D eigenvalue weighted by Crippen LogP contribution is -2.00. The van der Waals surface area contributed by atoms with E-state index in [1.54, 1.807) is 19.1 Å². The van der Waals surface area contributed by atoms with Crippen molar-refractivity contribution in [2.45, 2.75) is 13.5 Å². The molecular formula is C14H12INO3. The third-order valence-electron chi connectivity index (χ3n) is 2.68. The van der Waals surface area contributed by atoms with Crippen LogP contribution < -0.4 is 4.74 Å². The molecule has 0 aliphatic carbocycles. The van der Waals surface area contributed by atoms with Crippen molar-refractivity contribution in [2.75, 3.05) is 0 Å². The highest BCUT2D eigenvalue weighted by atomic mass is 127. The highest BCUT2D eigenvalue weighted by Gasteiger charge is 2.16. The third kappa shape index (κ3) is 3.44. The Bertz CT molecular complexity index is 596. The highest BCUT2D eigenvalue weighted by molar-refractivity contribution is 14.1. The topological polar surface area (TPSA) is 52.4 Å². The van der Waals surface area contributed by atoms with Crippen molar-refractivity contribution in [1.29, 1.82) is 0 Å². The fourth-order valence-electron chi connectivity index (χ4n) is 1.70. The smallest absolute Gasteiger partial charge is 0.311 e. The summed E-state index contributed by atoms with van der Waals surface area (Å²) in [7, 11) is 0. The van der Waals surface area contributed by atoms with Gasteiger partial charge in [-0.3, -0.25) is 10.1 Å². The summed E-state index contributed by atoms with van der Waals surface area (Å²) in [4.78, 5) is 10.5. The average molecular weight is 369 g/mol. The monoisotopic (exact) mass is 369 g/mol. The molecule has 0 aliphatic heterocycles. The molecule has 0 aliphatic rings. The first kappa shape index (κ1) is 13.8. The zero-order valence-corrected chi connectivity index (χ0v) is 12.5. The molecule has 2 aromatic carbocycles. The van der Waals surface area contributed by atoms with Gasteiger partial charge in [0.1, 0.15) is 6.61 Å². The first-order valence-electron chi connectivity index (χ1n) is 5.69. The van der Waals surface area contributed by atoms with Gasteiger partial charge >= 0.3 is 5.69 Å². The second-order valence-electron chi connectivity index (χ2n) is 4.10. The predicted molar refractivity (Wildman–Crippen MR) is 81.3 cm³/mol. The van der Waals surface area contributed by atoms with Gasteiger partial charge < -0.3 is 4.74 Å². The molecule has 0 N–H and O–H groups in total. The minimum atomic E-state index is -0.420. The van der Waals surface area contributed by atoms with Gasteiger partial charge in [-0.25, -0.2) is 0 Å². The fourth-order valence-corrected chi connectivity index (χ4v) is 2.06. The van der Waals surface area contributed by atoms with Gasteiger partial charge in [-0.05, 0) is 52.8 Å². The van der Waals surface area contributed by atoms with Crippen LogP contribution in [0.25, 0.3) is 0 Å². The molecule has 0 unspecified atom stereocenters. The van der Waals surface area contributed by atoms with E-state index in [9.17, 15) is 10.1 Å². The van der Waals surface area contributed by atoms with E-state index in [0.717, 1.165) is 14.7 Å². The van der Waals surface area contributed by atoms with Crippen LogP contribution in [0, 0.1) is 20.6 Å². The fraction of sp³-hybridized carbons (Fsp3) is 0.143. The second kappa shape index (κ2) is 6.01. The Balaban J connectivity index is 2.19. The number of benzene rings is 2. The number of aryl methyl sites for hydroxylation is 1. The Morgan fingerprint density at radius 3 is 2.53 bits per heavy atom. The summed E-state index contributed by atoms with van der Waals surface area (Å²) in [5.41, 5.74) is 1.75. The average Bonchev–Trinajstić information content (AvgIpc) is 2.39. The number of para-hydroxylation sites is 1. The number of ether oxygens (including phenoxy) is 1. The molecule has 2 rings (SSSR count). The van der Waals surface area contributed by atoms with E-state index in [4.69, 9.17) is 4.74 Å². The Hall–Kier alpha value is -1.63. The third-order valence-corrected chi connectivity index (χ3v) is 3.40. The van der Waals surface area contributed by atoms with Crippen LogP contribution in [-0.2, 0) is 6.61 Å². The van der Waals surface area contributed by atoms with Crippen LogP contribution in [0.3, 0.4) is 0 Å². The van der Waals surface area contributed by atoms with Crippen LogP contribution >= 0.6 is 22.6 Å². The first-order chi connectivity index (χ1) is 9.08. The van der Waals surface area contributed by atoms with Crippen LogP contribution in [-0.4, -0.2) is 4.92 Å². The van der Waals surface area contributed by atoms with Gasteiger partial charge in [-0.2, -0.15) is 0 Å². The normalized spacial score (nSPS) is 10.2. The van der Waals surface area contributed by atoms with Crippen LogP contribution in [0.1, 0.15) is 11.1 Å². The van der Waals surface area contributed by atoms with Crippen molar-refractivity contribution in [3.8, 4) is 5.75 Å². The largest absolute Gasteiger partial charge is 0.482 e. The summed E-state index contributed by atoms with van der Waals surface area (Å²) < 4.78 is 6.75. The molecular weight excluding hydrogens is 357 g/mol. The van der Waals surface area contributed by atoms with E-state index < -0.39 is 4.92 Å². The lowest BCUT2D eigenvalue weighted by atomic mass is 10.2. The maximum absolute atomic E-state index is 11.0. The molecule has 0 fully saturated rings. The minimum absolute atomic E-state index is 0.00510. The number of nitrogens with zero attached hydrogens (tertiary/aromatic N) is 1. The molecule has 4 nitrogen and oxygen atoms in total. The number of halogens is 1. The highest BCUT2D eigenvalue weighted by Crippen LogP contribution is 2.30. The zero-order chi connectivity index (χ0) is 13.8. The van der Waals surface area contributed by atoms with Crippen molar-refractivity contribution in [1.82, 2.24) is 0 Å². The molecule has 0 amide bonds. The summed E-state index contributed by atoms with van der Waals surface area (Å²) in [6.45, 7) is 2.12. The van der Waals surface area contributed by atoms with Crippen LogP contribution in [0.2, 0.25) is 0 Å². The molecule has 5 heteroatoms. The SMILES string of the molecule is Cc1cccc([N+](=O)[O-])c1OCc1ccc(I)cc1. The van der Waals surface area contributed by atoms with E-state index in [1.165, 1.54) is 6.07 Å². The molecule has 0 radical (unpaired) electrons. The molecule has 0 aromatic heterocycles. The van der Waals surface area contributed by atoms with Crippen molar-refractivity contribution >= 4 is 28.3 Å². The number of hydrogen-bond acceptors (Lipinski definition) is 3. The number of nitro groups is 1.